The van der Waals surface area contributed by atoms with Crippen molar-refractivity contribution >= 4 is 12.0 Å². The summed E-state index contributed by atoms with van der Waals surface area (Å²) < 4.78 is 5.72. The number of amides is 2. The molecule has 3 fully saturated rings. The molecule has 1 N–H and O–H groups in total. The first-order valence-electron chi connectivity index (χ1n) is 10.2. The van der Waals surface area contributed by atoms with Crippen LogP contribution in [0.4, 0.5) is 4.79 Å². The standard InChI is InChI=1S/C20H28N4O4/c1-13-8-9-20(24(13)19(27)28-15-6-3-4-7-15)12-23(18(20)26)16(14(2)25)17-21-10-5-11-22-17/h5,10-11,13-16,25H,3-4,6-9,12H2,1-2H3. The second-order valence-electron chi connectivity index (χ2n) is 8.30. The number of nitrogens with zero attached hydrogens (tertiary/aromatic N) is 4. The molecule has 1 aromatic rings. The van der Waals surface area contributed by atoms with Crippen LogP contribution in [0.15, 0.2) is 18.5 Å². The summed E-state index contributed by atoms with van der Waals surface area (Å²) in [5.74, 6) is 0.255. The normalized spacial score (nSPS) is 29.8. The molecule has 4 atom stereocenters. The molecule has 152 valence electrons. The van der Waals surface area contributed by atoms with Gasteiger partial charge in [-0.25, -0.2) is 14.8 Å². The van der Waals surface area contributed by atoms with Crippen molar-refractivity contribution in [1.29, 1.82) is 0 Å². The lowest BCUT2D eigenvalue weighted by Crippen LogP contribution is -2.74. The van der Waals surface area contributed by atoms with Gasteiger partial charge in [0.05, 0.1) is 12.6 Å². The van der Waals surface area contributed by atoms with Gasteiger partial charge in [-0.3, -0.25) is 9.69 Å². The van der Waals surface area contributed by atoms with Crippen LogP contribution in [0.2, 0.25) is 0 Å². The fraction of sp³-hybridized carbons (Fsp3) is 0.700. The first-order valence-corrected chi connectivity index (χ1v) is 10.2. The third-order valence-corrected chi connectivity index (χ3v) is 6.38. The Hall–Kier alpha value is -2.22. The summed E-state index contributed by atoms with van der Waals surface area (Å²) in [5, 5.41) is 10.3. The third-order valence-electron chi connectivity index (χ3n) is 6.38. The summed E-state index contributed by atoms with van der Waals surface area (Å²) in [4.78, 5) is 37.9. The monoisotopic (exact) mass is 388 g/mol. The summed E-state index contributed by atoms with van der Waals surface area (Å²) in [6.07, 6.45) is 7.31. The number of carbonyl (C=O) groups excluding carboxylic acids is 2. The number of hydrogen-bond acceptors (Lipinski definition) is 6. The number of likely N-dealkylation sites (tertiary alicyclic amines) is 2. The summed E-state index contributed by atoms with van der Waals surface area (Å²) >= 11 is 0. The van der Waals surface area contributed by atoms with Crippen LogP contribution >= 0.6 is 0 Å². The fourth-order valence-electron chi connectivity index (χ4n) is 4.95. The number of carbonyl (C=O) groups is 2. The van der Waals surface area contributed by atoms with Crippen molar-refractivity contribution in [3.8, 4) is 0 Å². The molecule has 2 amide bonds. The molecule has 1 saturated carbocycles. The largest absolute Gasteiger partial charge is 0.446 e. The van der Waals surface area contributed by atoms with Gasteiger partial charge in [0.1, 0.15) is 17.7 Å². The van der Waals surface area contributed by atoms with E-state index in [1.54, 1.807) is 35.2 Å². The minimum atomic E-state index is -0.864. The summed E-state index contributed by atoms with van der Waals surface area (Å²) in [6.45, 7) is 3.96. The maximum atomic E-state index is 13.3. The summed E-state index contributed by atoms with van der Waals surface area (Å²) in [6, 6.07) is 1.03. The van der Waals surface area contributed by atoms with E-state index in [4.69, 9.17) is 4.74 Å². The highest BCUT2D eigenvalue weighted by atomic mass is 16.6. The van der Waals surface area contributed by atoms with E-state index < -0.39 is 17.7 Å². The van der Waals surface area contributed by atoms with Crippen LogP contribution in [0.5, 0.6) is 0 Å². The highest BCUT2D eigenvalue weighted by molar-refractivity contribution is 5.96. The van der Waals surface area contributed by atoms with E-state index in [2.05, 4.69) is 9.97 Å². The lowest BCUT2D eigenvalue weighted by molar-refractivity contribution is -0.170. The summed E-state index contributed by atoms with van der Waals surface area (Å²) in [5.41, 5.74) is -0.864. The van der Waals surface area contributed by atoms with Gasteiger partial charge >= 0.3 is 6.09 Å². The molecule has 0 bridgehead atoms. The molecule has 1 aromatic heterocycles. The Morgan fingerprint density at radius 3 is 2.57 bits per heavy atom. The molecule has 8 heteroatoms. The Morgan fingerprint density at radius 1 is 1.29 bits per heavy atom. The lowest BCUT2D eigenvalue weighted by Gasteiger charge is -2.54. The molecule has 2 saturated heterocycles. The topological polar surface area (TPSA) is 95.9 Å². The number of aliphatic hydroxyl groups is 1. The molecular weight excluding hydrogens is 360 g/mol. The Bertz CT molecular complexity index is 737. The molecule has 4 unspecified atom stereocenters. The van der Waals surface area contributed by atoms with Crippen molar-refractivity contribution in [3.05, 3.63) is 24.3 Å². The quantitative estimate of drug-likeness (QED) is 0.793. The van der Waals surface area contributed by atoms with Gasteiger partial charge in [0.15, 0.2) is 5.82 Å². The Balaban J connectivity index is 1.53. The van der Waals surface area contributed by atoms with Gasteiger partial charge < -0.3 is 14.7 Å². The molecule has 28 heavy (non-hydrogen) atoms. The van der Waals surface area contributed by atoms with Crippen LogP contribution in [-0.4, -0.2) is 67.2 Å². The van der Waals surface area contributed by atoms with E-state index in [0.29, 0.717) is 18.8 Å². The number of hydrogen-bond donors (Lipinski definition) is 1. The summed E-state index contributed by atoms with van der Waals surface area (Å²) in [7, 11) is 0. The van der Waals surface area contributed by atoms with Crippen LogP contribution in [0.3, 0.4) is 0 Å². The second-order valence-corrected chi connectivity index (χ2v) is 8.30. The van der Waals surface area contributed by atoms with Gasteiger partial charge in [-0.15, -0.1) is 0 Å². The predicted octanol–water partition coefficient (Wildman–Crippen LogP) is 2.04. The number of rotatable bonds is 4. The number of aliphatic hydroxyl groups excluding tert-OH is 1. The first-order chi connectivity index (χ1) is 13.4. The van der Waals surface area contributed by atoms with Crippen LogP contribution in [-0.2, 0) is 9.53 Å². The van der Waals surface area contributed by atoms with E-state index in [1.807, 2.05) is 6.92 Å². The molecule has 4 rings (SSSR count). The highest BCUT2D eigenvalue weighted by Gasteiger charge is 2.64. The second kappa shape index (κ2) is 7.31. The molecule has 0 aromatic carbocycles. The van der Waals surface area contributed by atoms with Gasteiger partial charge in [-0.2, -0.15) is 0 Å². The van der Waals surface area contributed by atoms with Gasteiger partial charge in [0.25, 0.3) is 5.91 Å². The maximum absolute atomic E-state index is 13.3. The maximum Gasteiger partial charge on any atom is 0.411 e. The molecule has 1 spiro atoms. The smallest absolute Gasteiger partial charge is 0.411 e. The van der Waals surface area contributed by atoms with Crippen LogP contribution in [0.1, 0.15) is 64.2 Å². The Labute approximate surface area is 164 Å². The zero-order valence-electron chi connectivity index (χ0n) is 16.5. The molecular formula is C20H28N4O4. The lowest BCUT2D eigenvalue weighted by atomic mass is 9.83. The van der Waals surface area contributed by atoms with Crippen molar-refractivity contribution in [1.82, 2.24) is 19.8 Å². The average Bonchev–Trinajstić information content (AvgIpc) is 3.30. The molecule has 3 heterocycles. The van der Waals surface area contributed by atoms with Gasteiger partial charge in [-0.05, 0) is 58.4 Å². The van der Waals surface area contributed by atoms with Crippen LogP contribution < -0.4 is 0 Å². The van der Waals surface area contributed by atoms with Crippen molar-refractivity contribution < 1.29 is 19.4 Å². The molecule has 1 aliphatic carbocycles. The van der Waals surface area contributed by atoms with Crippen molar-refractivity contribution in [2.24, 2.45) is 0 Å². The van der Waals surface area contributed by atoms with Crippen molar-refractivity contribution in [2.45, 2.75) is 82.2 Å². The zero-order chi connectivity index (χ0) is 19.9. The molecule has 3 aliphatic rings. The zero-order valence-corrected chi connectivity index (χ0v) is 16.5. The SMILES string of the molecule is CC(O)C(c1ncccn1)N1CC2(CCC(C)N2C(=O)OC2CCCC2)C1=O. The van der Waals surface area contributed by atoms with E-state index >= 15 is 0 Å². The van der Waals surface area contributed by atoms with E-state index in [0.717, 1.165) is 32.1 Å². The Kier molecular flexibility index (Phi) is 4.99. The van der Waals surface area contributed by atoms with Gasteiger partial charge in [-0.1, -0.05) is 0 Å². The van der Waals surface area contributed by atoms with Crippen molar-refractivity contribution in [2.75, 3.05) is 6.54 Å². The Morgan fingerprint density at radius 2 is 1.96 bits per heavy atom. The van der Waals surface area contributed by atoms with E-state index in [1.165, 1.54) is 0 Å². The molecule has 0 radical (unpaired) electrons. The first kappa shape index (κ1) is 19.1. The van der Waals surface area contributed by atoms with Gasteiger partial charge in [0, 0.05) is 18.4 Å². The molecule has 2 aliphatic heterocycles. The third kappa shape index (κ3) is 3.03. The van der Waals surface area contributed by atoms with Crippen molar-refractivity contribution in [3.63, 3.8) is 0 Å². The highest BCUT2D eigenvalue weighted by Crippen LogP contribution is 2.46. The van der Waals surface area contributed by atoms with E-state index in [-0.39, 0.29) is 24.1 Å². The van der Waals surface area contributed by atoms with E-state index in [9.17, 15) is 14.7 Å². The number of aromatic nitrogens is 2. The van der Waals surface area contributed by atoms with Crippen LogP contribution in [0, 0.1) is 0 Å². The number of β-lactam (4-membered cyclic amide) rings is 1. The number of ether oxygens (including phenoxy) is 1. The fourth-order valence-corrected chi connectivity index (χ4v) is 4.95. The van der Waals surface area contributed by atoms with Gasteiger partial charge in [0.2, 0.25) is 0 Å². The average molecular weight is 388 g/mol. The van der Waals surface area contributed by atoms with Crippen LogP contribution in [0.25, 0.3) is 0 Å². The minimum Gasteiger partial charge on any atom is -0.446 e. The molecule has 8 nitrogen and oxygen atoms in total. The predicted molar refractivity (Wildman–Crippen MR) is 100 cm³/mol. The minimum absolute atomic E-state index is 0.0356.